The molecule has 2 amide bonds. The monoisotopic (exact) mass is 330 g/mol. The van der Waals surface area contributed by atoms with Crippen LogP contribution in [0.1, 0.15) is 62.1 Å². The third-order valence-electron chi connectivity index (χ3n) is 4.95. The van der Waals surface area contributed by atoms with Crippen molar-refractivity contribution in [3.05, 3.63) is 23.8 Å². The summed E-state index contributed by atoms with van der Waals surface area (Å²) < 4.78 is 0. The maximum atomic E-state index is 12.5. The number of nitrogens with one attached hydrogen (secondary N) is 1. The molecule has 6 heteroatoms. The van der Waals surface area contributed by atoms with E-state index in [0.717, 1.165) is 31.4 Å². The molecule has 1 aromatic heterocycles. The second-order valence-electron chi connectivity index (χ2n) is 7.47. The highest BCUT2D eigenvalue weighted by atomic mass is 16.2. The molecule has 1 aromatic rings. The predicted molar refractivity (Wildman–Crippen MR) is 90.4 cm³/mol. The van der Waals surface area contributed by atoms with Crippen LogP contribution in [0.3, 0.4) is 0 Å². The van der Waals surface area contributed by atoms with Crippen molar-refractivity contribution in [3.8, 4) is 0 Å². The van der Waals surface area contributed by atoms with Crippen LogP contribution < -0.4 is 5.32 Å². The Morgan fingerprint density at radius 2 is 1.88 bits per heavy atom. The van der Waals surface area contributed by atoms with Crippen molar-refractivity contribution in [1.82, 2.24) is 20.2 Å². The lowest BCUT2D eigenvalue weighted by molar-refractivity contribution is -0.136. The summed E-state index contributed by atoms with van der Waals surface area (Å²) in [6.07, 6.45) is 7.50. The number of amides is 2. The summed E-state index contributed by atoms with van der Waals surface area (Å²) in [7, 11) is 0. The minimum atomic E-state index is -0.172. The van der Waals surface area contributed by atoms with Crippen LogP contribution in [0.25, 0.3) is 0 Å². The summed E-state index contributed by atoms with van der Waals surface area (Å²) in [5.74, 6) is 0.481. The number of rotatable bonds is 4. The Hall–Kier alpha value is -1.98. The van der Waals surface area contributed by atoms with Crippen molar-refractivity contribution in [3.63, 3.8) is 0 Å². The standard InChI is InChI=1S/C18H26N4O2/c1-11(2)6-17(23)22-14-4-5-15(22)8-13(7-14)21-18(24)16-10-19-12(3)9-20-16/h9-11,13-15H,4-8H2,1-3H3,(H,21,24)/t13?,14-,15+. The fourth-order valence-corrected chi connectivity index (χ4v) is 3.93. The first kappa shape index (κ1) is 16.9. The van der Waals surface area contributed by atoms with Gasteiger partial charge in [-0.15, -0.1) is 0 Å². The van der Waals surface area contributed by atoms with E-state index in [1.165, 1.54) is 6.20 Å². The van der Waals surface area contributed by atoms with Gasteiger partial charge in [0.05, 0.1) is 11.9 Å². The van der Waals surface area contributed by atoms with Crippen LogP contribution in [-0.2, 0) is 4.79 Å². The first-order chi connectivity index (χ1) is 11.4. The summed E-state index contributed by atoms with van der Waals surface area (Å²) in [5, 5.41) is 3.08. The van der Waals surface area contributed by atoms with Gasteiger partial charge in [0.1, 0.15) is 5.69 Å². The molecule has 2 bridgehead atoms. The molecule has 1 N–H and O–H groups in total. The zero-order valence-electron chi connectivity index (χ0n) is 14.7. The highest BCUT2D eigenvalue weighted by Crippen LogP contribution is 2.36. The summed E-state index contributed by atoms with van der Waals surface area (Å²) in [4.78, 5) is 35.1. The van der Waals surface area contributed by atoms with E-state index in [-0.39, 0.29) is 29.9 Å². The van der Waals surface area contributed by atoms with Gasteiger partial charge in [-0.2, -0.15) is 0 Å². The van der Waals surface area contributed by atoms with Gasteiger partial charge < -0.3 is 10.2 Å². The fourth-order valence-electron chi connectivity index (χ4n) is 3.93. The van der Waals surface area contributed by atoms with Crippen molar-refractivity contribution in [2.75, 3.05) is 0 Å². The highest BCUT2D eigenvalue weighted by Gasteiger charge is 2.43. The molecule has 0 spiro atoms. The molecule has 2 saturated heterocycles. The number of fused-ring (bicyclic) bond motifs is 2. The third-order valence-corrected chi connectivity index (χ3v) is 4.95. The van der Waals surface area contributed by atoms with E-state index in [1.54, 1.807) is 6.20 Å². The van der Waals surface area contributed by atoms with Crippen LogP contribution >= 0.6 is 0 Å². The van der Waals surface area contributed by atoms with E-state index in [1.807, 2.05) is 6.92 Å². The van der Waals surface area contributed by atoms with Gasteiger partial charge in [0, 0.05) is 30.7 Å². The lowest BCUT2D eigenvalue weighted by atomic mass is 9.96. The van der Waals surface area contributed by atoms with Crippen molar-refractivity contribution in [2.24, 2.45) is 5.92 Å². The number of aryl methyl sites for hydroxylation is 1. The zero-order valence-corrected chi connectivity index (χ0v) is 14.7. The largest absolute Gasteiger partial charge is 0.348 e. The Balaban J connectivity index is 1.60. The third kappa shape index (κ3) is 3.57. The van der Waals surface area contributed by atoms with Crippen LogP contribution in [-0.4, -0.2) is 44.8 Å². The highest BCUT2D eigenvalue weighted by molar-refractivity contribution is 5.92. The number of piperidine rings is 1. The van der Waals surface area contributed by atoms with Crippen LogP contribution in [0.4, 0.5) is 0 Å². The van der Waals surface area contributed by atoms with E-state index in [9.17, 15) is 9.59 Å². The molecular formula is C18H26N4O2. The second-order valence-corrected chi connectivity index (χ2v) is 7.47. The Morgan fingerprint density at radius 3 is 2.42 bits per heavy atom. The molecule has 3 rings (SSSR count). The van der Waals surface area contributed by atoms with E-state index in [4.69, 9.17) is 0 Å². The maximum Gasteiger partial charge on any atom is 0.271 e. The number of carbonyl (C=O) groups is 2. The quantitative estimate of drug-likeness (QED) is 0.917. The van der Waals surface area contributed by atoms with Crippen LogP contribution in [0, 0.1) is 12.8 Å². The lowest BCUT2D eigenvalue weighted by Gasteiger charge is -2.39. The van der Waals surface area contributed by atoms with E-state index < -0.39 is 0 Å². The second kappa shape index (κ2) is 6.87. The van der Waals surface area contributed by atoms with Gasteiger partial charge in [-0.25, -0.2) is 4.98 Å². The Morgan fingerprint density at radius 1 is 1.21 bits per heavy atom. The number of carbonyl (C=O) groups excluding carboxylic acids is 2. The van der Waals surface area contributed by atoms with Crippen LogP contribution in [0.15, 0.2) is 12.4 Å². The molecule has 130 valence electrons. The molecular weight excluding hydrogens is 304 g/mol. The predicted octanol–water partition coefficient (Wildman–Crippen LogP) is 2.08. The number of aromatic nitrogens is 2. The molecule has 2 aliphatic rings. The Labute approximate surface area is 143 Å². The average molecular weight is 330 g/mol. The summed E-state index contributed by atoms with van der Waals surface area (Å²) in [5.41, 5.74) is 1.15. The summed E-state index contributed by atoms with van der Waals surface area (Å²) in [6.45, 7) is 6.00. The number of hydrogen-bond donors (Lipinski definition) is 1. The van der Waals surface area contributed by atoms with Crippen molar-refractivity contribution in [2.45, 2.75) is 71.0 Å². The van der Waals surface area contributed by atoms with Crippen molar-refractivity contribution in [1.29, 1.82) is 0 Å². The normalized spacial score (nSPS) is 25.8. The lowest BCUT2D eigenvalue weighted by Crippen LogP contribution is -2.52. The first-order valence-corrected chi connectivity index (χ1v) is 8.84. The maximum absolute atomic E-state index is 12.5. The zero-order chi connectivity index (χ0) is 17.3. The van der Waals surface area contributed by atoms with Crippen molar-refractivity contribution < 1.29 is 9.59 Å². The fraction of sp³-hybridized carbons (Fsp3) is 0.667. The average Bonchev–Trinajstić information content (AvgIpc) is 2.79. The molecule has 2 fully saturated rings. The van der Waals surface area contributed by atoms with Gasteiger partial charge in [-0.05, 0) is 38.5 Å². The van der Waals surface area contributed by atoms with Gasteiger partial charge in [-0.3, -0.25) is 14.6 Å². The SMILES string of the molecule is Cc1cnc(C(=O)NC2C[C@H]3CC[C@@H](C2)N3C(=O)CC(C)C)cn1. The van der Waals surface area contributed by atoms with Gasteiger partial charge in [0.25, 0.3) is 5.91 Å². The van der Waals surface area contributed by atoms with Gasteiger partial charge in [0.15, 0.2) is 0 Å². The minimum Gasteiger partial charge on any atom is -0.348 e. The number of hydrogen-bond acceptors (Lipinski definition) is 4. The Kier molecular flexibility index (Phi) is 4.83. The first-order valence-electron chi connectivity index (χ1n) is 8.84. The molecule has 0 aromatic carbocycles. The van der Waals surface area contributed by atoms with E-state index in [0.29, 0.717) is 18.0 Å². The molecule has 2 aliphatic heterocycles. The smallest absolute Gasteiger partial charge is 0.271 e. The number of nitrogens with zero attached hydrogens (tertiary/aromatic N) is 3. The van der Waals surface area contributed by atoms with E-state index in [2.05, 4.69) is 34.0 Å². The minimum absolute atomic E-state index is 0.112. The van der Waals surface area contributed by atoms with Crippen LogP contribution in [0.2, 0.25) is 0 Å². The molecule has 1 unspecified atom stereocenters. The van der Waals surface area contributed by atoms with Crippen molar-refractivity contribution >= 4 is 11.8 Å². The van der Waals surface area contributed by atoms with Gasteiger partial charge in [-0.1, -0.05) is 13.8 Å². The molecule has 3 atom stereocenters. The molecule has 0 radical (unpaired) electrons. The molecule has 0 aliphatic carbocycles. The molecule has 0 saturated carbocycles. The molecule has 24 heavy (non-hydrogen) atoms. The van der Waals surface area contributed by atoms with Gasteiger partial charge >= 0.3 is 0 Å². The van der Waals surface area contributed by atoms with E-state index >= 15 is 0 Å². The summed E-state index contributed by atoms with van der Waals surface area (Å²) in [6, 6.07) is 0.648. The topological polar surface area (TPSA) is 75.2 Å². The summed E-state index contributed by atoms with van der Waals surface area (Å²) >= 11 is 0. The Bertz CT molecular complexity index is 600. The van der Waals surface area contributed by atoms with Gasteiger partial charge in [0.2, 0.25) is 5.91 Å². The van der Waals surface area contributed by atoms with Crippen LogP contribution in [0.5, 0.6) is 0 Å². The molecule has 6 nitrogen and oxygen atoms in total. The molecule has 3 heterocycles.